The maximum absolute atomic E-state index is 11.9. The molecule has 0 radical (unpaired) electrons. The minimum absolute atomic E-state index is 0.103. The topological polar surface area (TPSA) is 58.6 Å². The standard InChI is InChI=1S/C15H20N2O3/c1-2-20-13-8-4-3-7-12(13)16-14(18)11-15(19)17-9-5-6-10-17/h3-4,7-8H,2,5-6,9-11H2,1H3,(H,16,18). The molecule has 0 bridgehead atoms. The number of carbonyl (C=O) groups is 2. The van der Waals surface area contributed by atoms with E-state index in [2.05, 4.69) is 5.32 Å². The van der Waals surface area contributed by atoms with E-state index in [1.807, 2.05) is 19.1 Å². The molecule has 0 spiro atoms. The molecule has 0 unspecified atom stereocenters. The molecule has 0 aliphatic carbocycles. The Morgan fingerprint density at radius 3 is 2.65 bits per heavy atom. The fourth-order valence-electron chi connectivity index (χ4n) is 2.26. The molecule has 1 N–H and O–H groups in total. The van der Waals surface area contributed by atoms with Gasteiger partial charge in [0.2, 0.25) is 11.8 Å². The fourth-order valence-corrected chi connectivity index (χ4v) is 2.26. The first kappa shape index (κ1) is 14.4. The lowest BCUT2D eigenvalue weighted by atomic mass is 10.2. The maximum atomic E-state index is 11.9. The Hall–Kier alpha value is -2.04. The fraction of sp³-hybridized carbons (Fsp3) is 0.467. The SMILES string of the molecule is CCOc1ccccc1NC(=O)CC(=O)N1CCCC1. The molecule has 20 heavy (non-hydrogen) atoms. The van der Waals surface area contributed by atoms with Crippen molar-refractivity contribution in [1.82, 2.24) is 4.90 Å². The van der Waals surface area contributed by atoms with E-state index < -0.39 is 0 Å². The van der Waals surface area contributed by atoms with Crippen molar-refractivity contribution >= 4 is 17.5 Å². The van der Waals surface area contributed by atoms with Crippen LogP contribution >= 0.6 is 0 Å². The maximum Gasteiger partial charge on any atom is 0.233 e. The monoisotopic (exact) mass is 276 g/mol. The molecule has 1 saturated heterocycles. The van der Waals surface area contributed by atoms with Crippen LogP contribution in [0.2, 0.25) is 0 Å². The van der Waals surface area contributed by atoms with Gasteiger partial charge in [-0.3, -0.25) is 9.59 Å². The molecule has 1 aromatic carbocycles. The Balaban J connectivity index is 1.92. The van der Waals surface area contributed by atoms with Gasteiger partial charge >= 0.3 is 0 Å². The molecule has 1 aliphatic rings. The van der Waals surface area contributed by atoms with Gasteiger partial charge in [-0.1, -0.05) is 12.1 Å². The van der Waals surface area contributed by atoms with E-state index >= 15 is 0 Å². The lowest BCUT2D eigenvalue weighted by Gasteiger charge is -2.15. The number of likely N-dealkylation sites (tertiary alicyclic amines) is 1. The van der Waals surface area contributed by atoms with E-state index in [-0.39, 0.29) is 18.2 Å². The van der Waals surface area contributed by atoms with Crippen LogP contribution in [0.25, 0.3) is 0 Å². The lowest BCUT2D eigenvalue weighted by molar-refractivity contribution is -0.133. The van der Waals surface area contributed by atoms with Crippen molar-refractivity contribution in [3.8, 4) is 5.75 Å². The van der Waals surface area contributed by atoms with E-state index in [0.717, 1.165) is 25.9 Å². The molecule has 0 atom stereocenters. The Bertz CT molecular complexity index is 482. The molecule has 5 heteroatoms. The summed E-state index contributed by atoms with van der Waals surface area (Å²) in [5.41, 5.74) is 0.605. The first-order chi connectivity index (χ1) is 9.70. The molecule has 1 heterocycles. The highest BCUT2D eigenvalue weighted by Crippen LogP contribution is 2.23. The summed E-state index contributed by atoms with van der Waals surface area (Å²) in [6.07, 6.45) is 1.95. The summed E-state index contributed by atoms with van der Waals surface area (Å²) < 4.78 is 5.43. The van der Waals surface area contributed by atoms with E-state index in [9.17, 15) is 9.59 Å². The Morgan fingerprint density at radius 1 is 1.25 bits per heavy atom. The highest BCUT2D eigenvalue weighted by atomic mass is 16.5. The van der Waals surface area contributed by atoms with Crippen molar-refractivity contribution in [2.45, 2.75) is 26.2 Å². The van der Waals surface area contributed by atoms with Gasteiger partial charge < -0.3 is 15.0 Å². The van der Waals surface area contributed by atoms with Crippen molar-refractivity contribution in [3.05, 3.63) is 24.3 Å². The number of para-hydroxylation sites is 2. The molecule has 0 saturated carbocycles. The number of anilines is 1. The van der Waals surface area contributed by atoms with Crippen molar-refractivity contribution in [2.75, 3.05) is 25.0 Å². The van der Waals surface area contributed by atoms with Gasteiger partial charge in [0.15, 0.2) is 0 Å². The number of hydrogen-bond donors (Lipinski definition) is 1. The molecule has 2 amide bonds. The van der Waals surface area contributed by atoms with Gasteiger partial charge in [0.1, 0.15) is 12.2 Å². The van der Waals surface area contributed by atoms with Crippen LogP contribution in [-0.4, -0.2) is 36.4 Å². The Morgan fingerprint density at radius 2 is 1.95 bits per heavy atom. The molecular weight excluding hydrogens is 256 g/mol. The summed E-state index contributed by atoms with van der Waals surface area (Å²) in [7, 11) is 0. The Labute approximate surface area is 118 Å². The summed E-state index contributed by atoms with van der Waals surface area (Å²) in [4.78, 5) is 25.6. The molecule has 1 fully saturated rings. The minimum Gasteiger partial charge on any atom is -0.492 e. The van der Waals surface area contributed by atoms with E-state index in [0.29, 0.717) is 18.0 Å². The van der Waals surface area contributed by atoms with Gasteiger partial charge in [0, 0.05) is 13.1 Å². The number of nitrogens with zero attached hydrogens (tertiary/aromatic N) is 1. The smallest absolute Gasteiger partial charge is 0.233 e. The van der Waals surface area contributed by atoms with Gasteiger partial charge in [-0.2, -0.15) is 0 Å². The third-order valence-corrected chi connectivity index (χ3v) is 3.23. The minimum atomic E-state index is -0.297. The van der Waals surface area contributed by atoms with Crippen LogP contribution in [0.4, 0.5) is 5.69 Å². The van der Waals surface area contributed by atoms with Crippen LogP contribution in [0, 0.1) is 0 Å². The van der Waals surface area contributed by atoms with Crippen LogP contribution in [0.1, 0.15) is 26.2 Å². The van der Waals surface area contributed by atoms with Gasteiger partial charge in [0.05, 0.1) is 12.3 Å². The van der Waals surface area contributed by atoms with Crippen LogP contribution in [-0.2, 0) is 9.59 Å². The highest BCUT2D eigenvalue weighted by Gasteiger charge is 2.20. The van der Waals surface area contributed by atoms with E-state index in [1.165, 1.54) is 0 Å². The van der Waals surface area contributed by atoms with Gasteiger partial charge in [-0.25, -0.2) is 0 Å². The normalized spacial score (nSPS) is 14.2. The molecule has 1 aliphatic heterocycles. The van der Waals surface area contributed by atoms with Crippen molar-refractivity contribution in [1.29, 1.82) is 0 Å². The summed E-state index contributed by atoms with van der Waals surface area (Å²) in [5.74, 6) is 0.222. The average molecular weight is 276 g/mol. The molecule has 1 aromatic rings. The van der Waals surface area contributed by atoms with Crippen LogP contribution in [0.15, 0.2) is 24.3 Å². The highest BCUT2D eigenvalue weighted by molar-refractivity contribution is 6.04. The third-order valence-electron chi connectivity index (χ3n) is 3.23. The summed E-state index contributed by atoms with van der Waals surface area (Å²) in [5, 5.41) is 2.74. The molecule has 2 rings (SSSR count). The van der Waals surface area contributed by atoms with Crippen molar-refractivity contribution in [3.63, 3.8) is 0 Å². The number of carbonyl (C=O) groups excluding carboxylic acids is 2. The van der Waals surface area contributed by atoms with Crippen molar-refractivity contribution < 1.29 is 14.3 Å². The molecule has 108 valence electrons. The zero-order valence-corrected chi connectivity index (χ0v) is 11.7. The summed E-state index contributed by atoms with van der Waals surface area (Å²) >= 11 is 0. The van der Waals surface area contributed by atoms with Gasteiger partial charge in [-0.15, -0.1) is 0 Å². The average Bonchev–Trinajstić information content (AvgIpc) is 2.95. The quantitative estimate of drug-likeness (QED) is 0.837. The van der Waals surface area contributed by atoms with E-state index in [1.54, 1.807) is 17.0 Å². The molecule has 5 nitrogen and oxygen atoms in total. The number of rotatable bonds is 5. The first-order valence-corrected chi connectivity index (χ1v) is 7.00. The second-order valence-corrected chi connectivity index (χ2v) is 4.74. The largest absolute Gasteiger partial charge is 0.492 e. The zero-order chi connectivity index (χ0) is 14.4. The molecular formula is C15H20N2O3. The number of hydrogen-bond acceptors (Lipinski definition) is 3. The van der Waals surface area contributed by atoms with Gasteiger partial charge in [0.25, 0.3) is 0 Å². The van der Waals surface area contributed by atoms with Crippen LogP contribution < -0.4 is 10.1 Å². The summed E-state index contributed by atoms with van der Waals surface area (Å²) in [6.45, 7) is 3.94. The van der Waals surface area contributed by atoms with Crippen LogP contribution in [0.3, 0.4) is 0 Å². The number of ether oxygens (including phenoxy) is 1. The number of benzene rings is 1. The molecule has 0 aromatic heterocycles. The van der Waals surface area contributed by atoms with Crippen LogP contribution in [0.5, 0.6) is 5.75 Å². The Kier molecular flexibility index (Phi) is 4.98. The number of nitrogens with one attached hydrogen (secondary N) is 1. The van der Waals surface area contributed by atoms with Gasteiger partial charge in [-0.05, 0) is 31.9 Å². The second kappa shape index (κ2) is 6.93. The van der Waals surface area contributed by atoms with Crippen molar-refractivity contribution in [2.24, 2.45) is 0 Å². The second-order valence-electron chi connectivity index (χ2n) is 4.74. The predicted octanol–water partition coefficient (Wildman–Crippen LogP) is 2.04. The first-order valence-electron chi connectivity index (χ1n) is 7.00. The van der Waals surface area contributed by atoms with E-state index in [4.69, 9.17) is 4.74 Å². The predicted molar refractivity (Wildman–Crippen MR) is 76.7 cm³/mol. The lowest BCUT2D eigenvalue weighted by Crippen LogP contribution is -2.31. The number of amides is 2. The zero-order valence-electron chi connectivity index (χ0n) is 11.7. The summed E-state index contributed by atoms with van der Waals surface area (Å²) in [6, 6.07) is 7.22. The third kappa shape index (κ3) is 3.73.